The number of hydrogen-bond acceptors (Lipinski definition) is 16. The number of carbonyl (C=O) groups is 5. The van der Waals surface area contributed by atoms with E-state index in [-0.39, 0.29) is 87.7 Å². The first-order chi connectivity index (χ1) is 34.7. The Bertz CT molecular complexity index is 1960. The molecule has 1 aliphatic carbocycles. The maximum atomic E-state index is 14.5. The Balaban J connectivity index is 1.47. The summed E-state index contributed by atoms with van der Waals surface area (Å²) in [6, 6.07) is -1.18. The number of amides is 1. The summed E-state index contributed by atoms with van der Waals surface area (Å²) in [5.41, 5.74) is 1.18. The molecular formula is C56H87NO16. The summed E-state index contributed by atoms with van der Waals surface area (Å²) in [4.78, 5) is 72.6. The molecule has 0 spiro atoms. The monoisotopic (exact) mass is 1030 g/mol. The lowest BCUT2D eigenvalue weighted by Gasteiger charge is -2.43. The molecule has 1 unspecified atom stereocenters. The van der Waals surface area contributed by atoms with Gasteiger partial charge in [0.2, 0.25) is 5.79 Å². The summed E-state index contributed by atoms with van der Waals surface area (Å²) in [6.07, 6.45) is 9.47. The Morgan fingerprint density at radius 2 is 1.58 bits per heavy atom. The van der Waals surface area contributed by atoms with Crippen molar-refractivity contribution in [3.05, 3.63) is 47.6 Å². The third kappa shape index (κ3) is 16.5. The number of nitrogens with zero attached hydrogens (tertiary/aromatic N) is 1. The molecule has 73 heavy (non-hydrogen) atoms. The molecule has 17 heteroatoms. The van der Waals surface area contributed by atoms with Crippen molar-refractivity contribution < 1.29 is 77.6 Å². The molecule has 4 N–H and O–H groups in total. The van der Waals surface area contributed by atoms with Gasteiger partial charge in [0.25, 0.3) is 11.7 Å². The molecule has 5 aliphatic rings. The van der Waals surface area contributed by atoms with Crippen LogP contribution < -0.4 is 0 Å². The Labute approximate surface area is 433 Å². The zero-order valence-corrected chi connectivity index (χ0v) is 44.9. The number of esters is 1. The van der Waals surface area contributed by atoms with Crippen LogP contribution in [-0.4, -0.2) is 169 Å². The fourth-order valence-electron chi connectivity index (χ4n) is 11.0. The molecule has 0 aromatic rings. The molecule has 17 nitrogen and oxygen atoms in total. The van der Waals surface area contributed by atoms with Crippen molar-refractivity contribution in [1.29, 1.82) is 0 Å². The average molecular weight is 1030 g/mol. The van der Waals surface area contributed by atoms with Crippen LogP contribution in [0.15, 0.2) is 47.6 Å². The Morgan fingerprint density at radius 3 is 2.26 bits per heavy atom. The number of Topliss-reactive ketones (excluding diaryl/α,β-unsaturated/α-hetero) is 3. The molecule has 3 saturated heterocycles. The van der Waals surface area contributed by atoms with Crippen molar-refractivity contribution in [3.63, 3.8) is 0 Å². The van der Waals surface area contributed by atoms with Crippen molar-refractivity contribution >= 4 is 29.2 Å². The van der Waals surface area contributed by atoms with Gasteiger partial charge in [-0.2, -0.15) is 0 Å². The number of rotatable bonds is 9. The van der Waals surface area contributed by atoms with E-state index >= 15 is 0 Å². The molecular weight excluding hydrogens is 943 g/mol. The van der Waals surface area contributed by atoms with Crippen LogP contribution in [-0.2, 0) is 57.1 Å². The number of aliphatic hydroxyl groups excluding tert-OH is 3. The number of hydrogen-bond donors (Lipinski definition) is 4. The average Bonchev–Trinajstić information content (AvgIpc) is 3.37. The summed E-state index contributed by atoms with van der Waals surface area (Å²) >= 11 is 0. The van der Waals surface area contributed by atoms with Gasteiger partial charge in [0.05, 0.1) is 50.8 Å². The third-order valence-electron chi connectivity index (χ3n) is 15.9. The van der Waals surface area contributed by atoms with E-state index in [0.717, 1.165) is 5.57 Å². The zero-order chi connectivity index (χ0) is 53.6. The molecule has 1 saturated carbocycles. The summed E-state index contributed by atoms with van der Waals surface area (Å²) < 4.78 is 41.8. The van der Waals surface area contributed by atoms with Crippen LogP contribution in [0.1, 0.15) is 126 Å². The Kier molecular flexibility index (Phi) is 23.6. The lowest BCUT2D eigenvalue weighted by molar-refractivity contribution is -0.266. The third-order valence-corrected chi connectivity index (χ3v) is 15.9. The maximum Gasteiger partial charge on any atom is 0.329 e. The molecule has 0 aromatic heterocycles. The second-order valence-corrected chi connectivity index (χ2v) is 21.8. The van der Waals surface area contributed by atoms with E-state index in [1.54, 1.807) is 40.9 Å². The van der Waals surface area contributed by atoms with Crippen molar-refractivity contribution in [2.45, 2.75) is 192 Å². The van der Waals surface area contributed by atoms with Gasteiger partial charge in [-0.3, -0.25) is 19.2 Å². The van der Waals surface area contributed by atoms with E-state index in [2.05, 4.69) is 0 Å². The number of cyclic esters (lactones) is 1. The van der Waals surface area contributed by atoms with Crippen LogP contribution in [0.25, 0.3) is 0 Å². The van der Waals surface area contributed by atoms with Crippen LogP contribution >= 0.6 is 0 Å². The van der Waals surface area contributed by atoms with E-state index in [1.807, 2.05) is 51.2 Å². The molecule has 1 amide bonds. The highest BCUT2D eigenvalue weighted by Crippen LogP contribution is 2.38. The van der Waals surface area contributed by atoms with Gasteiger partial charge in [0.15, 0.2) is 5.78 Å². The highest BCUT2D eigenvalue weighted by Gasteiger charge is 2.53. The van der Waals surface area contributed by atoms with Crippen molar-refractivity contribution in [2.75, 3.05) is 47.2 Å². The van der Waals surface area contributed by atoms with E-state index in [0.29, 0.717) is 63.4 Å². The van der Waals surface area contributed by atoms with Gasteiger partial charge in [-0.15, -0.1) is 0 Å². The molecule has 0 aromatic carbocycles. The minimum absolute atomic E-state index is 0.0247. The fraction of sp³-hybridized carbons (Fsp3) is 0.768. The van der Waals surface area contributed by atoms with Crippen LogP contribution in [0, 0.1) is 35.5 Å². The summed E-state index contributed by atoms with van der Waals surface area (Å²) in [7, 11) is 2.93. The van der Waals surface area contributed by atoms with Gasteiger partial charge >= 0.3 is 5.97 Å². The van der Waals surface area contributed by atoms with E-state index in [9.17, 15) is 44.4 Å². The number of ether oxygens (including phenoxy) is 7. The number of aliphatic hydroxyl groups is 4. The topological polar surface area (TPSA) is 234 Å². The van der Waals surface area contributed by atoms with Gasteiger partial charge < -0.3 is 58.5 Å². The first-order valence-electron chi connectivity index (χ1n) is 26.8. The van der Waals surface area contributed by atoms with E-state index in [1.165, 1.54) is 12.0 Å². The number of fused-ring (bicyclic) bond motifs is 3. The second-order valence-electron chi connectivity index (χ2n) is 21.8. The highest BCUT2D eigenvalue weighted by molar-refractivity contribution is 6.39. The van der Waals surface area contributed by atoms with Crippen LogP contribution in [0.3, 0.4) is 0 Å². The minimum atomic E-state index is -2.51. The van der Waals surface area contributed by atoms with Crippen LogP contribution in [0.4, 0.5) is 0 Å². The van der Waals surface area contributed by atoms with Crippen LogP contribution in [0.5, 0.6) is 0 Å². The van der Waals surface area contributed by atoms with Crippen LogP contribution in [0.2, 0.25) is 0 Å². The predicted octanol–water partition coefficient (Wildman–Crippen LogP) is 5.33. The normalized spacial score (nSPS) is 40.6. The number of ketones is 3. The van der Waals surface area contributed by atoms with Gasteiger partial charge in [0, 0.05) is 51.4 Å². The molecule has 17 atom stereocenters. The quantitative estimate of drug-likeness (QED) is 0.130. The smallest absolute Gasteiger partial charge is 0.329 e. The molecule has 4 heterocycles. The number of carbonyl (C=O) groups excluding carboxylic acids is 5. The lowest BCUT2D eigenvalue weighted by Crippen LogP contribution is -2.61. The number of allylic oxidation sites excluding steroid dienone is 6. The molecule has 2 bridgehead atoms. The van der Waals surface area contributed by atoms with E-state index < -0.39 is 96.1 Å². The Hall–Kier alpha value is -3.49. The molecule has 5 rings (SSSR count). The minimum Gasteiger partial charge on any atom is -0.460 e. The van der Waals surface area contributed by atoms with Crippen molar-refractivity contribution in [3.8, 4) is 0 Å². The van der Waals surface area contributed by atoms with Crippen molar-refractivity contribution in [2.24, 2.45) is 35.5 Å². The van der Waals surface area contributed by atoms with Crippen molar-refractivity contribution in [1.82, 2.24) is 4.90 Å². The molecule has 4 fully saturated rings. The summed E-state index contributed by atoms with van der Waals surface area (Å²) in [6.45, 7) is 13.0. The standard InChI is InChI=1S/C56H87NO16/c1-33-15-11-10-12-16-34(2)47(71-32-43-31-69-42(29-58)30-70-43)27-41-20-18-39(7)56(66,73-41)53(63)54(64)57-22-14-13-17-44(57)55(65)72-48(36(4)25-40-19-21-45(59)49(26-40)67-8)28-46(60)35(3)24-38(6)51(62)52(68-9)50(61)37(5)23-33/h10-12,15-16,24,33,35-37,39-45,47-49,51-52,58-59,62,66H,13-14,17-23,25-32H2,1-9H3/b12-10+,15-11+,34-16+,38-24+/t33-,35-,36-,37-,39-,40+,41+,42+,43-,44+,45-,47?,48+,49-,51-,52+,56-/m1/s1. The number of methoxy groups -OCH3 is 2. The molecule has 0 radical (unpaired) electrons. The summed E-state index contributed by atoms with van der Waals surface area (Å²) in [5.74, 6) is -8.36. The zero-order valence-electron chi connectivity index (χ0n) is 44.9. The van der Waals surface area contributed by atoms with Gasteiger partial charge in [-0.05, 0) is 107 Å². The van der Waals surface area contributed by atoms with Gasteiger partial charge in [-0.25, -0.2) is 4.79 Å². The first-order valence-corrected chi connectivity index (χ1v) is 26.8. The largest absolute Gasteiger partial charge is 0.460 e. The number of piperidine rings is 1. The highest BCUT2D eigenvalue weighted by atomic mass is 16.6. The molecule has 412 valence electrons. The van der Waals surface area contributed by atoms with Gasteiger partial charge in [0.1, 0.15) is 42.3 Å². The Morgan fingerprint density at radius 1 is 0.849 bits per heavy atom. The summed E-state index contributed by atoms with van der Waals surface area (Å²) in [5, 5.41) is 43.7. The first kappa shape index (κ1) is 60.4. The van der Waals surface area contributed by atoms with Gasteiger partial charge in [-0.1, -0.05) is 71.1 Å². The predicted molar refractivity (Wildman–Crippen MR) is 271 cm³/mol. The second kappa shape index (κ2) is 28.6. The lowest BCUT2D eigenvalue weighted by atomic mass is 9.78. The van der Waals surface area contributed by atoms with E-state index in [4.69, 9.17) is 33.2 Å². The fourth-order valence-corrected chi connectivity index (χ4v) is 11.0. The maximum absolute atomic E-state index is 14.5. The SMILES string of the molecule is CO[C@@H]1C[C@H](C[C@@H](C)[C@@H]2CC(=O)[C@H](C)/C=C(\C)[C@@H](O)[C@@H](OC)C(=O)[C@H](C)C[C@H](C)/C=C/C=C/C=C(\C)C(OC[C@H]3CO[C@@H](CO)CO3)C[C@@H]3CC[C@@H](C)[C@@](O)(O3)C(=O)C(=O)N3CCCC[C@H]3C(=O)O2)CC[C@H]1O. The molecule has 4 aliphatic heterocycles.